The quantitative estimate of drug-likeness (QED) is 0.221. The maximum atomic E-state index is 13.7. The highest BCUT2D eigenvalue weighted by Crippen LogP contribution is 2.40. The first-order valence-electron chi connectivity index (χ1n) is 11.4. The molecule has 0 aliphatic rings. The number of carbonyl (C=O) groups excluding carboxylic acids is 1. The van der Waals surface area contributed by atoms with Gasteiger partial charge in [-0.1, -0.05) is 0 Å². The summed E-state index contributed by atoms with van der Waals surface area (Å²) in [6, 6.07) is 15.3. The predicted molar refractivity (Wildman–Crippen MR) is 136 cm³/mol. The van der Waals surface area contributed by atoms with Crippen LogP contribution in [0.3, 0.4) is 0 Å². The van der Waals surface area contributed by atoms with Gasteiger partial charge in [-0.15, -0.1) is 0 Å². The lowest BCUT2D eigenvalue weighted by Gasteiger charge is -2.20. The molecule has 2 N–H and O–H groups in total. The number of alkyl halides is 3. The number of H-pyrrole nitrogens is 1. The van der Waals surface area contributed by atoms with E-state index in [1.165, 1.54) is 30.1 Å². The van der Waals surface area contributed by atoms with Gasteiger partial charge in [0.1, 0.15) is 34.4 Å². The van der Waals surface area contributed by atoms with Gasteiger partial charge in [-0.25, -0.2) is 14.2 Å². The molecule has 0 bridgehead atoms. The van der Waals surface area contributed by atoms with Gasteiger partial charge in [0.15, 0.2) is 5.65 Å². The van der Waals surface area contributed by atoms with Gasteiger partial charge in [0.25, 0.3) is 0 Å². The SMILES string of the molecule is CN(C(=O)Nc1ccc(Oc2ccc(F)cc2)c(C(F)(F)F)c1)c1ccc(Oc2ccnc3[nH]ncc23)cc1. The Morgan fingerprint density at radius 2 is 1.59 bits per heavy atom. The molecule has 12 heteroatoms. The average Bonchev–Trinajstić information content (AvgIpc) is 3.40. The molecule has 3 aromatic carbocycles. The first-order chi connectivity index (χ1) is 18.7. The van der Waals surface area contributed by atoms with E-state index in [0.29, 0.717) is 28.2 Å². The number of pyridine rings is 1. The van der Waals surface area contributed by atoms with Crippen LogP contribution in [0.25, 0.3) is 11.0 Å². The zero-order chi connectivity index (χ0) is 27.6. The molecule has 0 unspecified atom stereocenters. The summed E-state index contributed by atoms with van der Waals surface area (Å²) in [5.74, 6) is 0.0295. The van der Waals surface area contributed by atoms with Crippen LogP contribution in [0.4, 0.5) is 33.7 Å². The van der Waals surface area contributed by atoms with Gasteiger partial charge in [0.2, 0.25) is 0 Å². The summed E-state index contributed by atoms with van der Waals surface area (Å²) in [7, 11) is 1.47. The summed E-state index contributed by atoms with van der Waals surface area (Å²) in [4.78, 5) is 18.2. The van der Waals surface area contributed by atoms with E-state index in [9.17, 15) is 22.4 Å². The van der Waals surface area contributed by atoms with Crippen LogP contribution >= 0.6 is 0 Å². The molecule has 0 saturated heterocycles. The van der Waals surface area contributed by atoms with Gasteiger partial charge in [-0.3, -0.25) is 10.00 Å². The number of ether oxygens (including phenoxy) is 2. The Bertz CT molecular complexity index is 1620. The number of aromatic amines is 1. The van der Waals surface area contributed by atoms with E-state index < -0.39 is 29.3 Å². The van der Waals surface area contributed by atoms with Crippen molar-refractivity contribution in [1.29, 1.82) is 0 Å². The molecule has 8 nitrogen and oxygen atoms in total. The second kappa shape index (κ2) is 10.3. The third-order valence-corrected chi connectivity index (χ3v) is 5.65. The molecule has 5 aromatic rings. The molecule has 0 aliphatic carbocycles. The summed E-state index contributed by atoms with van der Waals surface area (Å²) in [5.41, 5.74) is -0.149. The predicted octanol–water partition coefficient (Wildman–Crippen LogP) is 7.37. The van der Waals surface area contributed by atoms with Crippen molar-refractivity contribution < 1.29 is 31.8 Å². The van der Waals surface area contributed by atoms with E-state index >= 15 is 0 Å². The fourth-order valence-electron chi connectivity index (χ4n) is 3.65. The summed E-state index contributed by atoms with van der Waals surface area (Å²) in [6.07, 6.45) is -1.60. The molecule has 0 radical (unpaired) electrons. The van der Waals surface area contributed by atoms with Crippen molar-refractivity contribution in [1.82, 2.24) is 15.2 Å². The maximum Gasteiger partial charge on any atom is 0.420 e. The van der Waals surface area contributed by atoms with Gasteiger partial charge < -0.3 is 14.8 Å². The fraction of sp³-hybridized carbons (Fsp3) is 0.0741. The molecule has 0 fully saturated rings. The lowest BCUT2D eigenvalue weighted by molar-refractivity contribution is -0.138. The molecule has 2 amide bonds. The minimum Gasteiger partial charge on any atom is -0.457 e. The highest BCUT2D eigenvalue weighted by Gasteiger charge is 2.35. The number of amides is 2. The summed E-state index contributed by atoms with van der Waals surface area (Å²) >= 11 is 0. The molecule has 198 valence electrons. The molecule has 39 heavy (non-hydrogen) atoms. The van der Waals surface area contributed by atoms with E-state index in [4.69, 9.17) is 9.47 Å². The number of nitrogens with zero attached hydrogens (tertiary/aromatic N) is 3. The number of benzene rings is 3. The van der Waals surface area contributed by atoms with E-state index in [2.05, 4.69) is 20.5 Å². The monoisotopic (exact) mass is 537 g/mol. The minimum absolute atomic E-state index is 0.0314. The van der Waals surface area contributed by atoms with Crippen LogP contribution in [-0.4, -0.2) is 28.3 Å². The standard InChI is InChI=1S/C27H19F4N5O3/c1-36(18-5-9-20(10-6-18)38-23-12-13-32-25-21(23)15-33-35-25)26(37)34-17-4-11-24(22(14-17)27(29,30)31)39-19-7-2-16(28)3-8-19/h2-15H,1H3,(H,34,37)(H,32,33,35). The molecule has 2 aromatic heterocycles. The number of rotatable bonds is 6. The lowest BCUT2D eigenvalue weighted by atomic mass is 10.1. The topological polar surface area (TPSA) is 92.4 Å². The van der Waals surface area contributed by atoms with Crippen LogP contribution < -0.4 is 19.7 Å². The summed E-state index contributed by atoms with van der Waals surface area (Å²) < 4.78 is 65.5. The first kappa shape index (κ1) is 25.5. The Balaban J connectivity index is 1.28. The zero-order valence-corrected chi connectivity index (χ0v) is 20.2. The Labute approximate surface area is 218 Å². The van der Waals surface area contributed by atoms with Crippen LogP contribution in [0.5, 0.6) is 23.0 Å². The highest BCUT2D eigenvalue weighted by molar-refractivity contribution is 6.01. The summed E-state index contributed by atoms with van der Waals surface area (Å²) in [6.45, 7) is 0. The fourth-order valence-corrected chi connectivity index (χ4v) is 3.65. The lowest BCUT2D eigenvalue weighted by Crippen LogP contribution is -2.31. The third-order valence-electron chi connectivity index (χ3n) is 5.65. The number of nitrogens with one attached hydrogen (secondary N) is 2. The molecule has 0 atom stereocenters. The molecule has 5 rings (SSSR count). The van der Waals surface area contributed by atoms with Crippen LogP contribution in [0.1, 0.15) is 5.56 Å². The van der Waals surface area contributed by atoms with Gasteiger partial charge in [0, 0.05) is 24.6 Å². The molecular weight excluding hydrogens is 518 g/mol. The van der Waals surface area contributed by atoms with Gasteiger partial charge in [-0.05, 0) is 72.8 Å². The number of urea groups is 1. The van der Waals surface area contributed by atoms with Crippen LogP contribution in [-0.2, 0) is 6.18 Å². The van der Waals surface area contributed by atoms with Gasteiger partial charge in [-0.2, -0.15) is 18.3 Å². The van der Waals surface area contributed by atoms with Crippen LogP contribution in [0.2, 0.25) is 0 Å². The van der Waals surface area contributed by atoms with Crippen molar-refractivity contribution in [2.45, 2.75) is 6.18 Å². The number of fused-ring (bicyclic) bond motifs is 1. The normalized spacial score (nSPS) is 11.3. The second-order valence-electron chi connectivity index (χ2n) is 8.29. The van der Waals surface area contributed by atoms with E-state index in [0.717, 1.165) is 24.3 Å². The van der Waals surface area contributed by atoms with Crippen molar-refractivity contribution >= 4 is 28.4 Å². The maximum absolute atomic E-state index is 13.7. The van der Waals surface area contributed by atoms with Crippen LogP contribution in [0.15, 0.2) is 85.2 Å². The molecule has 0 saturated carbocycles. The molecule has 0 aliphatic heterocycles. The Morgan fingerprint density at radius 3 is 2.28 bits per heavy atom. The number of anilines is 2. The van der Waals surface area contributed by atoms with Crippen molar-refractivity contribution in [3.8, 4) is 23.0 Å². The van der Waals surface area contributed by atoms with Gasteiger partial charge >= 0.3 is 12.2 Å². The Morgan fingerprint density at radius 1 is 0.923 bits per heavy atom. The van der Waals surface area contributed by atoms with E-state index in [-0.39, 0.29) is 11.4 Å². The number of hydrogen-bond acceptors (Lipinski definition) is 5. The molecule has 2 heterocycles. The first-order valence-corrected chi connectivity index (χ1v) is 11.4. The largest absolute Gasteiger partial charge is 0.457 e. The average molecular weight is 537 g/mol. The van der Waals surface area contributed by atoms with Crippen molar-refractivity contribution in [2.24, 2.45) is 0 Å². The Kier molecular flexibility index (Phi) is 6.75. The number of halogens is 4. The smallest absolute Gasteiger partial charge is 0.420 e. The molecule has 0 spiro atoms. The van der Waals surface area contributed by atoms with Crippen molar-refractivity contribution in [3.63, 3.8) is 0 Å². The number of aromatic nitrogens is 3. The summed E-state index contributed by atoms with van der Waals surface area (Å²) in [5, 5.41) is 9.85. The van der Waals surface area contributed by atoms with Gasteiger partial charge in [0.05, 0.1) is 11.6 Å². The molecular formula is C27H19F4N5O3. The third kappa shape index (κ3) is 5.74. The van der Waals surface area contributed by atoms with E-state index in [1.807, 2.05) is 0 Å². The van der Waals surface area contributed by atoms with E-state index in [1.54, 1.807) is 42.7 Å². The van der Waals surface area contributed by atoms with Crippen molar-refractivity contribution in [3.05, 3.63) is 96.6 Å². The van der Waals surface area contributed by atoms with Crippen molar-refractivity contribution in [2.75, 3.05) is 17.3 Å². The highest BCUT2D eigenvalue weighted by atomic mass is 19.4. The second-order valence-corrected chi connectivity index (χ2v) is 8.29. The Hall–Kier alpha value is -5.13. The zero-order valence-electron chi connectivity index (χ0n) is 20.2. The number of carbonyl (C=O) groups is 1. The number of hydrogen-bond donors (Lipinski definition) is 2. The van der Waals surface area contributed by atoms with Crippen LogP contribution in [0, 0.1) is 5.82 Å². The minimum atomic E-state index is -4.77.